The number of carbonyl (C=O) groups excluding carboxylic acids is 2. The highest BCUT2D eigenvalue weighted by atomic mass is 19.1. The molecule has 6 nitrogen and oxygen atoms in total. The molecule has 2 N–H and O–H groups in total. The van der Waals surface area contributed by atoms with Gasteiger partial charge in [-0.3, -0.25) is 4.79 Å². The SMILES string of the molecule is CCOc1ccccc1NC(=O)[C@@H]1CCCN1C(=O)Nc1ccc(F)cc1. The van der Waals surface area contributed by atoms with Crippen molar-refractivity contribution in [3.05, 3.63) is 54.3 Å². The molecule has 1 fully saturated rings. The molecule has 2 aromatic rings. The van der Waals surface area contributed by atoms with Crippen LogP contribution in [-0.4, -0.2) is 36.0 Å². The molecule has 0 aliphatic carbocycles. The van der Waals surface area contributed by atoms with Crippen LogP contribution in [0.5, 0.6) is 5.75 Å². The fraction of sp³-hybridized carbons (Fsp3) is 0.300. The summed E-state index contributed by atoms with van der Waals surface area (Å²) in [5.74, 6) is -0.0399. The molecule has 27 heavy (non-hydrogen) atoms. The van der Waals surface area contributed by atoms with Gasteiger partial charge < -0.3 is 20.3 Å². The quantitative estimate of drug-likeness (QED) is 0.838. The average molecular weight is 371 g/mol. The van der Waals surface area contributed by atoms with E-state index in [1.165, 1.54) is 29.2 Å². The van der Waals surface area contributed by atoms with Crippen molar-refractivity contribution in [2.45, 2.75) is 25.8 Å². The van der Waals surface area contributed by atoms with Crippen molar-refractivity contribution in [1.82, 2.24) is 4.90 Å². The molecule has 3 rings (SSSR count). The first-order chi connectivity index (χ1) is 13.1. The monoisotopic (exact) mass is 371 g/mol. The van der Waals surface area contributed by atoms with Gasteiger partial charge in [-0.05, 0) is 56.2 Å². The molecule has 1 saturated heterocycles. The van der Waals surface area contributed by atoms with Crippen molar-refractivity contribution in [2.75, 3.05) is 23.8 Å². The summed E-state index contributed by atoms with van der Waals surface area (Å²) in [7, 11) is 0. The largest absolute Gasteiger partial charge is 0.492 e. The maximum atomic E-state index is 13.0. The normalized spacial score (nSPS) is 16.1. The predicted molar refractivity (Wildman–Crippen MR) is 101 cm³/mol. The fourth-order valence-corrected chi connectivity index (χ4v) is 3.08. The van der Waals surface area contributed by atoms with Gasteiger partial charge >= 0.3 is 6.03 Å². The van der Waals surface area contributed by atoms with Crippen LogP contribution in [0.15, 0.2) is 48.5 Å². The van der Waals surface area contributed by atoms with Gasteiger partial charge in [0.05, 0.1) is 12.3 Å². The Bertz CT molecular complexity index is 810. The molecule has 2 aromatic carbocycles. The van der Waals surface area contributed by atoms with Crippen molar-refractivity contribution in [1.29, 1.82) is 0 Å². The number of amides is 3. The molecule has 1 aliphatic heterocycles. The van der Waals surface area contributed by atoms with Crippen LogP contribution in [0.2, 0.25) is 0 Å². The molecule has 0 spiro atoms. The Balaban J connectivity index is 1.67. The highest BCUT2D eigenvalue weighted by molar-refractivity contribution is 6.00. The van der Waals surface area contributed by atoms with E-state index in [2.05, 4.69) is 10.6 Å². The molecule has 142 valence electrons. The zero-order valence-electron chi connectivity index (χ0n) is 15.1. The molecule has 7 heteroatoms. The summed E-state index contributed by atoms with van der Waals surface area (Å²) in [6.07, 6.45) is 1.32. The van der Waals surface area contributed by atoms with Crippen LogP contribution < -0.4 is 15.4 Å². The lowest BCUT2D eigenvalue weighted by molar-refractivity contribution is -0.119. The number of benzene rings is 2. The van der Waals surface area contributed by atoms with E-state index in [0.717, 1.165) is 6.42 Å². The summed E-state index contributed by atoms with van der Waals surface area (Å²) in [6.45, 7) is 2.85. The number of ether oxygens (including phenoxy) is 1. The number of likely N-dealkylation sites (tertiary alicyclic amines) is 1. The standard InChI is InChI=1S/C20H22FN3O3/c1-2-27-18-8-4-3-6-16(18)23-19(25)17-7-5-13-24(17)20(26)22-15-11-9-14(21)10-12-15/h3-4,6,8-12,17H,2,5,7,13H2,1H3,(H,22,26)(H,23,25)/t17-/m0/s1. The first kappa shape index (κ1) is 18.7. The van der Waals surface area contributed by atoms with E-state index in [1.54, 1.807) is 12.1 Å². The van der Waals surface area contributed by atoms with E-state index in [9.17, 15) is 14.0 Å². The number of nitrogens with one attached hydrogen (secondary N) is 2. The van der Waals surface area contributed by atoms with Crippen LogP contribution in [0, 0.1) is 5.82 Å². The molecule has 0 aromatic heterocycles. The average Bonchev–Trinajstić information content (AvgIpc) is 3.15. The number of halogens is 1. The number of carbonyl (C=O) groups is 2. The van der Waals surface area contributed by atoms with Crippen LogP contribution in [0.25, 0.3) is 0 Å². The summed E-state index contributed by atoms with van der Waals surface area (Å²) in [5.41, 5.74) is 1.06. The molecule has 3 amide bonds. The second-order valence-electron chi connectivity index (χ2n) is 6.21. The summed E-state index contributed by atoms with van der Waals surface area (Å²) >= 11 is 0. The Morgan fingerprint density at radius 3 is 2.63 bits per heavy atom. The molecule has 0 saturated carbocycles. The molecule has 0 bridgehead atoms. The Labute approximate surface area is 157 Å². The predicted octanol–water partition coefficient (Wildman–Crippen LogP) is 3.86. The van der Waals surface area contributed by atoms with Gasteiger partial charge in [0.1, 0.15) is 17.6 Å². The number of hydrogen-bond donors (Lipinski definition) is 2. The minimum Gasteiger partial charge on any atom is -0.492 e. The molecule has 1 atom stereocenters. The zero-order chi connectivity index (χ0) is 19.2. The second kappa shape index (κ2) is 8.53. The molecule has 1 heterocycles. The van der Waals surface area contributed by atoms with Gasteiger partial charge in [0.2, 0.25) is 5.91 Å². The van der Waals surface area contributed by atoms with E-state index in [1.807, 2.05) is 19.1 Å². The third-order valence-electron chi connectivity index (χ3n) is 4.36. The van der Waals surface area contributed by atoms with Crippen LogP contribution in [0.1, 0.15) is 19.8 Å². The minimum atomic E-state index is -0.569. The number of hydrogen-bond acceptors (Lipinski definition) is 3. The molecular weight excluding hydrogens is 349 g/mol. The van der Waals surface area contributed by atoms with Gasteiger partial charge in [-0.2, -0.15) is 0 Å². The van der Waals surface area contributed by atoms with Gasteiger partial charge in [0.25, 0.3) is 0 Å². The van der Waals surface area contributed by atoms with E-state index in [4.69, 9.17) is 4.74 Å². The van der Waals surface area contributed by atoms with Gasteiger partial charge in [0.15, 0.2) is 0 Å². The lowest BCUT2D eigenvalue weighted by Gasteiger charge is -2.24. The van der Waals surface area contributed by atoms with Crippen LogP contribution in [0.3, 0.4) is 0 Å². The fourth-order valence-electron chi connectivity index (χ4n) is 3.08. The summed E-state index contributed by atoms with van der Waals surface area (Å²) in [4.78, 5) is 26.8. The van der Waals surface area contributed by atoms with Crippen molar-refractivity contribution < 1.29 is 18.7 Å². The maximum Gasteiger partial charge on any atom is 0.322 e. The Hall–Kier alpha value is -3.09. The highest BCUT2D eigenvalue weighted by Crippen LogP contribution is 2.26. The second-order valence-corrected chi connectivity index (χ2v) is 6.21. The third kappa shape index (κ3) is 4.55. The van der Waals surface area contributed by atoms with E-state index >= 15 is 0 Å². The molecular formula is C20H22FN3O3. The van der Waals surface area contributed by atoms with Gasteiger partial charge in [-0.25, -0.2) is 9.18 Å². The Morgan fingerprint density at radius 1 is 1.15 bits per heavy atom. The first-order valence-corrected chi connectivity index (χ1v) is 8.94. The number of urea groups is 1. The molecule has 0 unspecified atom stereocenters. The van der Waals surface area contributed by atoms with E-state index in [0.29, 0.717) is 36.7 Å². The van der Waals surface area contributed by atoms with Crippen LogP contribution in [0.4, 0.5) is 20.6 Å². The van der Waals surface area contributed by atoms with Crippen molar-refractivity contribution >= 4 is 23.3 Å². The van der Waals surface area contributed by atoms with Crippen LogP contribution >= 0.6 is 0 Å². The highest BCUT2D eigenvalue weighted by Gasteiger charge is 2.34. The number of anilines is 2. The van der Waals surface area contributed by atoms with E-state index < -0.39 is 6.04 Å². The Morgan fingerprint density at radius 2 is 1.89 bits per heavy atom. The Kier molecular flexibility index (Phi) is 5.90. The zero-order valence-corrected chi connectivity index (χ0v) is 15.1. The number of rotatable bonds is 5. The van der Waals surface area contributed by atoms with E-state index in [-0.39, 0.29) is 17.8 Å². The number of nitrogens with zero attached hydrogens (tertiary/aromatic N) is 1. The molecule has 0 radical (unpaired) electrons. The van der Waals surface area contributed by atoms with Gasteiger partial charge in [0, 0.05) is 12.2 Å². The number of para-hydroxylation sites is 2. The summed E-state index contributed by atoms with van der Waals surface area (Å²) < 4.78 is 18.5. The smallest absolute Gasteiger partial charge is 0.322 e. The summed E-state index contributed by atoms with van der Waals surface area (Å²) in [5, 5.41) is 5.57. The molecule has 1 aliphatic rings. The lowest BCUT2D eigenvalue weighted by atomic mass is 10.2. The maximum absolute atomic E-state index is 13.0. The third-order valence-corrected chi connectivity index (χ3v) is 4.36. The summed E-state index contributed by atoms with van der Waals surface area (Å²) in [6, 6.07) is 11.8. The lowest BCUT2D eigenvalue weighted by Crippen LogP contribution is -2.45. The van der Waals surface area contributed by atoms with Crippen LogP contribution in [-0.2, 0) is 4.79 Å². The van der Waals surface area contributed by atoms with Crippen molar-refractivity contribution in [2.24, 2.45) is 0 Å². The van der Waals surface area contributed by atoms with Gasteiger partial charge in [-0.1, -0.05) is 12.1 Å². The van der Waals surface area contributed by atoms with Crippen molar-refractivity contribution in [3.8, 4) is 5.75 Å². The first-order valence-electron chi connectivity index (χ1n) is 8.94. The minimum absolute atomic E-state index is 0.256. The topological polar surface area (TPSA) is 70.7 Å². The van der Waals surface area contributed by atoms with Gasteiger partial charge in [-0.15, -0.1) is 0 Å². The van der Waals surface area contributed by atoms with Crippen molar-refractivity contribution in [3.63, 3.8) is 0 Å².